The van der Waals surface area contributed by atoms with Crippen LogP contribution >= 0.6 is 11.8 Å². The van der Waals surface area contributed by atoms with E-state index in [9.17, 15) is 4.79 Å². The van der Waals surface area contributed by atoms with Crippen molar-refractivity contribution in [2.45, 2.75) is 18.6 Å². The first-order chi connectivity index (χ1) is 4.74. The number of β-amino-alcohol motifs (C(OH)–C–C–N with tert-alkyl or cyclic N) is 1. The van der Waals surface area contributed by atoms with Crippen LogP contribution in [0.4, 0.5) is 0 Å². The average molecular weight is 165 g/mol. The van der Waals surface area contributed by atoms with E-state index in [-0.39, 0.29) is 11.9 Å². The molecule has 0 aromatic rings. The largest absolute Gasteiger partial charge is 0.392 e. The number of amides is 1. The Morgan fingerprint density at radius 2 is 2.50 bits per heavy atom. The van der Waals surface area contributed by atoms with Gasteiger partial charge in [0.1, 0.15) is 0 Å². The lowest BCUT2D eigenvalue weighted by Crippen LogP contribution is -2.36. The van der Waals surface area contributed by atoms with Crippen LogP contribution in [0.25, 0.3) is 0 Å². The summed E-state index contributed by atoms with van der Waals surface area (Å²) in [6.45, 7) is 0.467. The van der Waals surface area contributed by atoms with Gasteiger partial charge < -0.3 is 10.4 Å². The van der Waals surface area contributed by atoms with Crippen molar-refractivity contribution in [1.29, 1.82) is 0 Å². The molecule has 0 bridgehead atoms. The van der Waals surface area contributed by atoms with Gasteiger partial charge in [-0.05, 0) is 6.42 Å². The van der Waals surface area contributed by atoms with E-state index in [0.29, 0.717) is 13.0 Å². The minimum atomic E-state index is -0.418. The molecule has 0 aromatic heterocycles. The predicted octanol–water partition coefficient (Wildman–Crippen LogP) is -1.02. The number of hydrogen-bond donors (Lipinski definition) is 3. The van der Waals surface area contributed by atoms with Crippen molar-refractivity contribution >= 4 is 17.7 Å². The Labute approximate surface area is 63.7 Å². The van der Waals surface area contributed by atoms with Gasteiger partial charge in [-0.1, -0.05) is 0 Å². The third-order valence-electron chi connectivity index (χ3n) is 1.52. The van der Waals surface area contributed by atoms with Gasteiger partial charge in [0.15, 0.2) is 0 Å². The summed E-state index contributed by atoms with van der Waals surface area (Å²) in [7, 11) is 0. The van der Waals surface area contributed by atoms with Gasteiger partial charge in [0.25, 0.3) is 5.91 Å². The standard InChI is InChI=1S/C5H9ClN2O2/c6-8-5(10)4-1-3(9)2-7-4/h3-4,7,9H,1-2H2,(H,8,10)/t3-,4+/m1/s1. The lowest BCUT2D eigenvalue weighted by atomic mass is 10.2. The Kier molecular flexibility index (Phi) is 2.48. The number of aliphatic hydroxyl groups excluding tert-OH is 1. The van der Waals surface area contributed by atoms with Crippen molar-refractivity contribution in [3.05, 3.63) is 0 Å². The van der Waals surface area contributed by atoms with Crippen LogP contribution in [-0.4, -0.2) is 29.7 Å². The number of rotatable bonds is 1. The summed E-state index contributed by atoms with van der Waals surface area (Å²) in [5, 5.41) is 11.8. The maximum atomic E-state index is 10.7. The smallest absolute Gasteiger partial charge is 0.251 e. The normalized spacial score (nSPS) is 32.2. The Hall–Kier alpha value is -0.320. The van der Waals surface area contributed by atoms with Crippen molar-refractivity contribution in [3.63, 3.8) is 0 Å². The first kappa shape index (κ1) is 7.78. The minimum absolute atomic E-state index is 0.279. The fourth-order valence-electron chi connectivity index (χ4n) is 0.983. The highest BCUT2D eigenvalue weighted by Gasteiger charge is 2.27. The molecule has 5 heteroatoms. The summed E-state index contributed by atoms with van der Waals surface area (Å²) in [5.41, 5.74) is 0. The summed E-state index contributed by atoms with van der Waals surface area (Å²) >= 11 is 5.06. The van der Waals surface area contributed by atoms with E-state index in [1.165, 1.54) is 0 Å². The molecule has 0 aromatic carbocycles. The highest BCUT2D eigenvalue weighted by Crippen LogP contribution is 2.05. The number of halogens is 1. The van der Waals surface area contributed by atoms with Crippen LogP contribution in [0.5, 0.6) is 0 Å². The van der Waals surface area contributed by atoms with E-state index in [2.05, 4.69) is 5.32 Å². The molecule has 2 atom stereocenters. The molecule has 10 heavy (non-hydrogen) atoms. The van der Waals surface area contributed by atoms with Gasteiger partial charge in [-0.2, -0.15) is 0 Å². The molecule has 1 aliphatic heterocycles. The second-order valence-electron chi connectivity index (χ2n) is 2.31. The van der Waals surface area contributed by atoms with E-state index in [1.807, 2.05) is 4.84 Å². The Bertz CT molecular complexity index is 142. The van der Waals surface area contributed by atoms with E-state index >= 15 is 0 Å². The zero-order chi connectivity index (χ0) is 7.56. The predicted molar refractivity (Wildman–Crippen MR) is 36.4 cm³/mol. The maximum absolute atomic E-state index is 10.7. The van der Waals surface area contributed by atoms with Crippen LogP contribution in [0, 0.1) is 0 Å². The summed E-state index contributed by atoms with van der Waals surface area (Å²) in [6, 6.07) is -0.326. The fourth-order valence-corrected chi connectivity index (χ4v) is 1.11. The van der Waals surface area contributed by atoms with Crippen LogP contribution in [0.3, 0.4) is 0 Å². The molecule has 1 amide bonds. The molecule has 1 fully saturated rings. The molecule has 58 valence electrons. The molecule has 0 aliphatic carbocycles. The number of hydrogen-bond acceptors (Lipinski definition) is 3. The van der Waals surface area contributed by atoms with Gasteiger partial charge in [-0.25, -0.2) is 0 Å². The minimum Gasteiger partial charge on any atom is -0.392 e. The third-order valence-corrected chi connectivity index (χ3v) is 1.70. The Morgan fingerprint density at radius 1 is 1.80 bits per heavy atom. The molecule has 1 aliphatic rings. The molecule has 4 nitrogen and oxygen atoms in total. The molecule has 0 saturated carbocycles. The quantitative estimate of drug-likeness (QED) is 0.435. The van der Waals surface area contributed by atoms with Crippen LogP contribution in [0.15, 0.2) is 0 Å². The van der Waals surface area contributed by atoms with Crippen molar-refractivity contribution in [3.8, 4) is 0 Å². The number of carbonyl (C=O) groups excluding carboxylic acids is 1. The van der Waals surface area contributed by atoms with Gasteiger partial charge >= 0.3 is 0 Å². The van der Waals surface area contributed by atoms with Gasteiger partial charge in [-0.3, -0.25) is 9.63 Å². The zero-order valence-corrected chi connectivity index (χ0v) is 6.06. The molecular weight excluding hydrogens is 156 g/mol. The van der Waals surface area contributed by atoms with Gasteiger partial charge in [0, 0.05) is 18.3 Å². The molecule has 3 N–H and O–H groups in total. The number of aliphatic hydroxyl groups is 1. The molecule has 1 rings (SSSR count). The lowest BCUT2D eigenvalue weighted by molar-refractivity contribution is -0.121. The SMILES string of the molecule is O=C(NCl)[C@@H]1C[C@@H](O)CN1. The van der Waals surface area contributed by atoms with Gasteiger partial charge in [0.05, 0.1) is 12.1 Å². The topological polar surface area (TPSA) is 61.4 Å². The first-order valence-electron chi connectivity index (χ1n) is 3.06. The fraction of sp³-hybridized carbons (Fsp3) is 0.800. The van der Waals surface area contributed by atoms with Gasteiger partial charge in [-0.15, -0.1) is 0 Å². The van der Waals surface area contributed by atoms with E-state index < -0.39 is 6.10 Å². The van der Waals surface area contributed by atoms with Crippen LogP contribution in [0.1, 0.15) is 6.42 Å². The van der Waals surface area contributed by atoms with Crippen molar-refractivity contribution in [1.82, 2.24) is 10.2 Å². The Balaban J connectivity index is 2.37. The second kappa shape index (κ2) is 3.18. The van der Waals surface area contributed by atoms with Gasteiger partial charge in [0.2, 0.25) is 0 Å². The molecule has 0 unspecified atom stereocenters. The summed E-state index contributed by atoms with van der Waals surface area (Å²) in [4.78, 5) is 12.7. The van der Waals surface area contributed by atoms with E-state index in [0.717, 1.165) is 0 Å². The summed E-state index contributed by atoms with van der Waals surface area (Å²) in [6.07, 6.45) is 0.0254. The van der Waals surface area contributed by atoms with Crippen LogP contribution in [0.2, 0.25) is 0 Å². The third kappa shape index (κ3) is 1.59. The number of carbonyl (C=O) groups is 1. The molecule has 1 saturated heterocycles. The zero-order valence-electron chi connectivity index (χ0n) is 5.30. The first-order valence-corrected chi connectivity index (χ1v) is 3.43. The van der Waals surface area contributed by atoms with Crippen LogP contribution in [-0.2, 0) is 4.79 Å². The Morgan fingerprint density at radius 3 is 2.90 bits per heavy atom. The lowest BCUT2D eigenvalue weighted by Gasteiger charge is -2.04. The van der Waals surface area contributed by atoms with Crippen molar-refractivity contribution < 1.29 is 9.90 Å². The van der Waals surface area contributed by atoms with E-state index in [4.69, 9.17) is 16.9 Å². The summed E-state index contributed by atoms with van der Waals surface area (Å²) < 4.78 is 0. The second-order valence-corrected chi connectivity index (χ2v) is 2.50. The average Bonchev–Trinajstić information content (AvgIpc) is 2.34. The number of nitrogens with one attached hydrogen (secondary N) is 2. The molecule has 0 radical (unpaired) electrons. The summed E-state index contributed by atoms with van der Waals surface area (Å²) in [5.74, 6) is -0.279. The molecule has 0 spiro atoms. The molecule has 1 heterocycles. The van der Waals surface area contributed by atoms with Crippen molar-refractivity contribution in [2.24, 2.45) is 0 Å². The maximum Gasteiger partial charge on any atom is 0.251 e. The molecular formula is C5H9ClN2O2. The van der Waals surface area contributed by atoms with Crippen molar-refractivity contribution in [2.75, 3.05) is 6.54 Å². The highest BCUT2D eigenvalue weighted by molar-refractivity contribution is 6.22. The van der Waals surface area contributed by atoms with E-state index in [1.54, 1.807) is 0 Å². The van der Waals surface area contributed by atoms with Crippen LogP contribution < -0.4 is 10.2 Å². The highest BCUT2D eigenvalue weighted by atomic mass is 35.5. The monoisotopic (exact) mass is 164 g/mol.